The van der Waals surface area contributed by atoms with E-state index in [1.807, 2.05) is 31.2 Å². The molecule has 26 heavy (non-hydrogen) atoms. The average Bonchev–Trinajstić information content (AvgIpc) is 2.69. The second kappa shape index (κ2) is 10.1. The third-order valence-corrected chi connectivity index (χ3v) is 6.37. The Morgan fingerprint density at radius 2 is 1.50 bits per heavy atom. The molecule has 0 aliphatic heterocycles. The van der Waals surface area contributed by atoms with Crippen LogP contribution in [-0.2, 0) is 4.74 Å². The predicted octanol–water partition coefficient (Wildman–Crippen LogP) is 6.81. The first-order valence-electron chi connectivity index (χ1n) is 10.4. The highest BCUT2D eigenvalue weighted by Gasteiger charge is 2.31. The SMILES string of the molecule is C/C=C/C=C/COC1CCC(C2CCC(c3ccc(F)cc3)CC2)CC1. The molecule has 2 saturated carbocycles. The van der Waals surface area contributed by atoms with Crippen LogP contribution in [-0.4, -0.2) is 12.7 Å². The van der Waals surface area contributed by atoms with Crippen molar-refractivity contribution < 1.29 is 9.13 Å². The van der Waals surface area contributed by atoms with Gasteiger partial charge < -0.3 is 4.74 Å². The molecule has 0 aromatic heterocycles. The summed E-state index contributed by atoms with van der Waals surface area (Å²) in [7, 11) is 0. The van der Waals surface area contributed by atoms with Crippen LogP contribution in [0.2, 0.25) is 0 Å². The summed E-state index contributed by atoms with van der Waals surface area (Å²) in [6.07, 6.45) is 19.0. The van der Waals surface area contributed by atoms with E-state index in [4.69, 9.17) is 4.74 Å². The van der Waals surface area contributed by atoms with Gasteiger partial charge in [-0.25, -0.2) is 4.39 Å². The van der Waals surface area contributed by atoms with Crippen LogP contribution in [0.4, 0.5) is 4.39 Å². The first kappa shape index (κ1) is 19.4. The van der Waals surface area contributed by atoms with E-state index in [1.54, 1.807) is 12.1 Å². The second-order valence-corrected chi connectivity index (χ2v) is 7.99. The van der Waals surface area contributed by atoms with E-state index in [-0.39, 0.29) is 5.82 Å². The minimum absolute atomic E-state index is 0.126. The molecule has 0 radical (unpaired) electrons. The maximum Gasteiger partial charge on any atom is 0.123 e. The predicted molar refractivity (Wildman–Crippen MR) is 107 cm³/mol. The van der Waals surface area contributed by atoms with Gasteiger partial charge >= 0.3 is 0 Å². The molecule has 0 saturated heterocycles. The Morgan fingerprint density at radius 3 is 2.12 bits per heavy atom. The number of rotatable bonds is 6. The number of benzene rings is 1. The molecular weight excluding hydrogens is 323 g/mol. The van der Waals surface area contributed by atoms with E-state index in [1.165, 1.54) is 56.9 Å². The Bertz CT molecular complexity index is 573. The average molecular weight is 357 g/mol. The fourth-order valence-corrected chi connectivity index (χ4v) is 4.82. The van der Waals surface area contributed by atoms with Crippen molar-refractivity contribution in [2.24, 2.45) is 11.8 Å². The van der Waals surface area contributed by atoms with Crippen LogP contribution in [0.15, 0.2) is 48.6 Å². The van der Waals surface area contributed by atoms with Crippen molar-refractivity contribution in [1.82, 2.24) is 0 Å². The lowest BCUT2D eigenvalue weighted by Gasteiger charge is -2.37. The lowest BCUT2D eigenvalue weighted by molar-refractivity contribution is 0.0223. The normalized spacial score (nSPS) is 30.2. The fraction of sp³-hybridized carbons (Fsp3) is 0.583. The molecule has 0 heterocycles. The van der Waals surface area contributed by atoms with Gasteiger partial charge in [0, 0.05) is 0 Å². The summed E-state index contributed by atoms with van der Waals surface area (Å²) in [5, 5.41) is 0. The van der Waals surface area contributed by atoms with Crippen LogP contribution < -0.4 is 0 Å². The third-order valence-electron chi connectivity index (χ3n) is 6.37. The van der Waals surface area contributed by atoms with Crippen molar-refractivity contribution in [2.45, 2.75) is 70.3 Å². The van der Waals surface area contributed by atoms with Crippen LogP contribution in [0.3, 0.4) is 0 Å². The largest absolute Gasteiger partial charge is 0.374 e. The second-order valence-electron chi connectivity index (χ2n) is 7.99. The van der Waals surface area contributed by atoms with Gasteiger partial charge in [0.05, 0.1) is 12.7 Å². The fourth-order valence-electron chi connectivity index (χ4n) is 4.82. The summed E-state index contributed by atoms with van der Waals surface area (Å²) in [5.74, 6) is 2.29. The van der Waals surface area contributed by atoms with Gasteiger partial charge in [-0.1, -0.05) is 36.4 Å². The Labute approximate surface area is 158 Å². The van der Waals surface area contributed by atoms with Gasteiger partial charge in [-0.15, -0.1) is 0 Å². The Kier molecular flexibility index (Phi) is 7.49. The van der Waals surface area contributed by atoms with E-state index >= 15 is 0 Å². The Balaban J connectivity index is 1.37. The van der Waals surface area contributed by atoms with Crippen LogP contribution >= 0.6 is 0 Å². The number of halogens is 1. The molecule has 0 bridgehead atoms. The van der Waals surface area contributed by atoms with Crippen molar-refractivity contribution in [3.8, 4) is 0 Å². The van der Waals surface area contributed by atoms with E-state index in [2.05, 4.69) is 12.2 Å². The summed E-state index contributed by atoms with van der Waals surface area (Å²) >= 11 is 0. The number of allylic oxidation sites excluding steroid dienone is 3. The molecular formula is C24H33FO. The summed E-state index contributed by atoms with van der Waals surface area (Å²) in [6, 6.07) is 7.17. The lowest BCUT2D eigenvalue weighted by atomic mass is 9.69. The van der Waals surface area contributed by atoms with E-state index in [0.29, 0.717) is 12.0 Å². The summed E-state index contributed by atoms with van der Waals surface area (Å²) in [4.78, 5) is 0. The number of hydrogen-bond acceptors (Lipinski definition) is 1. The zero-order chi connectivity index (χ0) is 18.2. The quantitative estimate of drug-likeness (QED) is 0.509. The van der Waals surface area contributed by atoms with Crippen LogP contribution in [0.1, 0.15) is 69.8 Å². The molecule has 2 aliphatic rings. The van der Waals surface area contributed by atoms with E-state index in [0.717, 1.165) is 18.4 Å². The van der Waals surface area contributed by atoms with E-state index < -0.39 is 0 Å². The van der Waals surface area contributed by atoms with Gasteiger partial charge in [0.15, 0.2) is 0 Å². The van der Waals surface area contributed by atoms with Crippen molar-refractivity contribution in [1.29, 1.82) is 0 Å². The molecule has 2 fully saturated rings. The Hall–Kier alpha value is -1.41. The van der Waals surface area contributed by atoms with Crippen molar-refractivity contribution in [3.63, 3.8) is 0 Å². The zero-order valence-corrected chi connectivity index (χ0v) is 16.1. The summed E-state index contributed by atoms with van der Waals surface area (Å²) < 4.78 is 19.1. The lowest BCUT2D eigenvalue weighted by Crippen LogP contribution is -2.28. The zero-order valence-electron chi connectivity index (χ0n) is 16.1. The monoisotopic (exact) mass is 356 g/mol. The third kappa shape index (κ3) is 5.54. The van der Waals surface area contributed by atoms with Crippen LogP contribution in [0, 0.1) is 17.7 Å². The first-order chi connectivity index (χ1) is 12.8. The molecule has 0 spiro atoms. The van der Waals surface area contributed by atoms with Gasteiger partial charge in [0.25, 0.3) is 0 Å². The van der Waals surface area contributed by atoms with Gasteiger partial charge in [-0.2, -0.15) is 0 Å². The highest BCUT2D eigenvalue weighted by Crippen LogP contribution is 2.43. The molecule has 0 N–H and O–H groups in total. The molecule has 142 valence electrons. The molecule has 0 atom stereocenters. The van der Waals surface area contributed by atoms with Crippen LogP contribution in [0.5, 0.6) is 0 Å². The van der Waals surface area contributed by atoms with Gasteiger partial charge in [-0.05, 0) is 93.7 Å². The molecule has 1 nitrogen and oxygen atoms in total. The molecule has 2 aliphatic carbocycles. The molecule has 1 aromatic carbocycles. The molecule has 0 unspecified atom stereocenters. The Morgan fingerprint density at radius 1 is 0.885 bits per heavy atom. The molecule has 2 heteroatoms. The van der Waals surface area contributed by atoms with Crippen molar-refractivity contribution >= 4 is 0 Å². The maximum absolute atomic E-state index is 13.1. The highest BCUT2D eigenvalue weighted by atomic mass is 19.1. The van der Waals surface area contributed by atoms with Gasteiger partial charge in [0.2, 0.25) is 0 Å². The smallest absolute Gasteiger partial charge is 0.123 e. The standard InChI is InChI=1S/C24H33FO/c1-2-3-4-5-18-26-24-16-12-22(13-17-24)20-8-6-19(7-9-20)21-10-14-23(25)15-11-21/h2-5,10-11,14-15,19-20,22,24H,6-9,12-13,16-18H2,1H3/b3-2+,5-4+. The first-order valence-corrected chi connectivity index (χ1v) is 10.4. The number of hydrogen-bond donors (Lipinski definition) is 0. The molecule has 0 amide bonds. The van der Waals surface area contributed by atoms with Crippen molar-refractivity contribution in [2.75, 3.05) is 6.61 Å². The highest BCUT2D eigenvalue weighted by molar-refractivity contribution is 5.21. The summed E-state index contributed by atoms with van der Waals surface area (Å²) in [6.45, 7) is 2.77. The van der Waals surface area contributed by atoms with Crippen LogP contribution in [0.25, 0.3) is 0 Å². The van der Waals surface area contributed by atoms with Crippen molar-refractivity contribution in [3.05, 3.63) is 60.0 Å². The number of ether oxygens (including phenoxy) is 1. The van der Waals surface area contributed by atoms with Gasteiger partial charge in [-0.3, -0.25) is 0 Å². The minimum Gasteiger partial charge on any atom is -0.374 e. The van der Waals surface area contributed by atoms with E-state index in [9.17, 15) is 4.39 Å². The maximum atomic E-state index is 13.1. The topological polar surface area (TPSA) is 9.23 Å². The minimum atomic E-state index is -0.126. The van der Waals surface area contributed by atoms with Gasteiger partial charge in [0.1, 0.15) is 5.82 Å². The molecule has 3 rings (SSSR count). The summed E-state index contributed by atoms with van der Waals surface area (Å²) in [5.41, 5.74) is 1.33. The molecule has 1 aromatic rings.